The minimum atomic E-state index is -0.804. The van der Waals surface area contributed by atoms with Gasteiger partial charge in [-0.25, -0.2) is 0 Å². The van der Waals surface area contributed by atoms with Crippen molar-refractivity contribution >= 4 is 11.9 Å². The molecule has 0 saturated heterocycles. The molecule has 6 nitrogen and oxygen atoms in total. The lowest BCUT2D eigenvalue weighted by atomic mass is 10.0. The number of carbonyl (C=O) groups excluding carboxylic acids is 2. The van der Waals surface area contributed by atoms with Crippen molar-refractivity contribution in [2.45, 2.75) is 257 Å². The minimum Gasteiger partial charge on any atom is -0.462 e. The molecule has 6 heteroatoms. The summed E-state index contributed by atoms with van der Waals surface area (Å²) in [6.07, 6.45) is 57.1. The third-order valence-corrected chi connectivity index (χ3v) is 11.1. The summed E-state index contributed by atoms with van der Waals surface area (Å²) in [5.41, 5.74) is 0. The molecular weight excluding hydrogens is 731 g/mol. The van der Waals surface area contributed by atoms with E-state index in [9.17, 15) is 19.8 Å². The zero-order chi connectivity index (χ0) is 43.1. The van der Waals surface area contributed by atoms with Crippen molar-refractivity contribution < 1.29 is 24.5 Å². The summed E-state index contributed by atoms with van der Waals surface area (Å²) in [5, 5.41) is 23.6. The Balaban J connectivity index is 4.73. The summed E-state index contributed by atoms with van der Waals surface area (Å²) in [5.74, 6) is -0.548. The first-order valence-corrected chi connectivity index (χ1v) is 25.0. The molecule has 0 fully saturated rings. The molecule has 3 N–H and O–H groups in total. The van der Waals surface area contributed by atoms with Crippen molar-refractivity contribution in [1.29, 1.82) is 0 Å². The third-order valence-electron chi connectivity index (χ3n) is 11.1. The van der Waals surface area contributed by atoms with Crippen LogP contribution in [0.5, 0.6) is 0 Å². The lowest BCUT2D eigenvalue weighted by Crippen LogP contribution is -2.46. The Bertz CT molecular complexity index is 1060. The van der Waals surface area contributed by atoms with E-state index < -0.39 is 18.2 Å². The number of allylic oxidation sites excluding steroid dienone is 10. The molecule has 0 bridgehead atoms. The number of amides is 1. The van der Waals surface area contributed by atoms with Crippen molar-refractivity contribution in [2.75, 3.05) is 6.61 Å². The van der Waals surface area contributed by atoms with E-state index in [2.05, 4.69) is 86.8 Å². The number of carbonyl (C=O) groups is 2. The summed E-state index contributed by atoms with van der Waals surface area (Å²) in [7, 11) is 0. The molecular formula is C53H95NO5. The molecule has 0 aliphatic rings. The molecule has 0 saturated carbocycles. The van der Waals surface area contributed by atoms with Crippen LogP contribution in [0.2, 0.25) is 0 Å². The normalized spacial score (nSPS) is 13.8. The number of nitrogens with one attached hydrogen (secondary N) is 1. The second-order valence-electron chi connectivity index (χ2n) is 16.9. The first kappa shape index (κ1) is 56.6. The summed E-state index contributed by atoms with van der Waals surface area (Å²) in [4.78, 5) is 26.1. The molecule has 342 valence electrons. The maximum absolute atomic E-state index is 13.2. The fourth-order valence-electron chi connectivity index (χ4n) is 7.24. The highest BCUT2D eigenvalue weighted by atomic mass is 16.5. The van der Waals surface area contributed by atoms with Crippen LogP contribution in [-0.2, 0) is 14.3 Å². The second kappa shape index (κ2) is 46.6. The van der Waals surface area contributed by atoms with Crippen molar-refractivity contribution in [3.05, 3.63) is 60.8 Å². The highest BCUT2D eigenvalue weighted by Crippen LogP contribution is 2.16. The number of ether oxygens (including phenoxy) is 1. The molecule has 1 amide bonds. The number of aliphatic hydroxyl groups is 2. The first-order chi connectivity index (χ1) is 29.0. The summed E-state index contributed by atoms with van der Waals surface area (Å²) in [6, 6.07) is -0.721. The van der Waals surface area contributed by atoms with E-state index in [1.165, 1.54) is 109 Å². The monoisotopic (exact) mass is 826 g/mol. The Morgan fingerprint density at radius 2 is 0.881 bits per heavy atom. The minimum absolute atomic E-state index is 0.0329. The van der Waals surface area contributed by atoms with E-state index in [-0.39, 0.29) is 24.9 Å². The molecule has 0 aromatic rings. The standard InChI is InChI=1S/C53H95NO5/c1-4-7-10-13-16-19-21-23-25-26-27-28-30-33-35-38-41-44-49(59-53(58)46-43-40-37-34-31-29-24-22-20-17-14-11-8-5-2)47-52(57)54-50(48-55)51(56)45-42-39-36-32-18-15-12-9-6-3/h16,19,23,25,27-29,31,33,35,49-51,55-56H,4-15,17-18,20-22,24,26,30,32,34,36-48H2,1-3H3,(H,54,57)/b19-16-,25-23-,28-27-,31-29-,35-33-. The number of esters is 1. The molecule has 0 aliphatic carbocycles. The van der Waals surface area contributed by atoms with E-state index in [1.807, 2.05) is 0 Å². The lowest BCUT2D eigenvalue weighted by Gasteiger charge is -2.24. The van der Waals surface area contributed by atoms with Gasteiger partial charge in [0.05, 0.1) is 25.2 Å². The Hall–Kier alpha value is -2.44. The van der Waals surface area contributed by atoms with Crippen LogP contribution in [0.25, 0.3) is 0 Å². The van der Waals surface area contributed by atoms with Crippen molar-refractivity contribution in [2.24, 2.45) is 0 Å². The molecule has 0 aromatic carbocycles. The number of aliphatic hydroxyl groups excluding tert-OH is 2. The molecule has 0 aromatic heterocycles. The Labute approximate surface area is 365 Å². The van der Waals surface area contributed by atoms with E-state index in [1.54, 1.807) is 0 Å². The van der Waals surface area contributed by atoms with Crippen LogP contribution < -0.4 is 5.32 Å². The van der Waals surface area contributed by atoms with Crippen LogP contribution in [-0.4, -0.2) is 46.9 Å². The molecule has 0 heterocycles. The predicted molar refractivity (Wildman–Crippen MR) is 255 cm³/mol. The summed E-state index contributed by atoms with van der Waals surface area (Å²) in [6.45, 7) is 6.41. The van der Waals surface area contributed by atoms with E-state index in [4.69, 9.17) is 4.74 Å². The summed E-state index contributed by atoms with van der Waals surface area (Å²) >= 11 is 0. The molecule has 3 atom stereocenters. The van der Waals surface area contributed by atoms with Gasteiger partial charge in [-0.3, -0.25) is 9.59 Å². The third kappa shape index (κ3) is 42.1. The number of rotatable bonds is 44. The quantitative estimate of drug-likeness (QED) is 0.0323. The van der Waals surface area contributed by atoms with Gasteiger partial charge in [0.25, 0.3) is 0 Å². The largest absolute Gasteiger partial charge is 0.462 e. The fourth-order valence-corrected chi connectivity index (χ4v) is 7.24. The van der Waals surface area contributed by atoms with Gasteiger partial charge in [0, 0.05) is 6.42 Å². The van der Waals surface area contributed by atoms with Crippen LogP contribution in [0, 0.1) is 0 Å². The number of hydrogen-bond donors (Lipinski definition) is 3. The highest BCUT2D eigenvalue weighted by molar-refractivity contribution is 5.77. The van der Waals surface area contributed by atoms with Crippen molar-refractivity contribution in [1.82, 2.24) is 5.32 Å². The van der Waals surface area contributed by atoms with Gasteiger partial charge in [0.15, 0.2) is 0 Å². The molecule has 0 radical (unpaired) electrons. The Kier molecular flexibility index (Phi) is 44.7. The van der Waals surface area contributed by atoms with Gasteiger partial charge in [0.1, 0.15) is 6.10 Å². The molecule has 0 rings (SSSR count). The van der Waals surface area contributed by atoms with Gasteiger partial charge in [-0.2, -0.15) is 0 Å². The van der Waals surface area contributed by atoms with Gasteiger partial charge in [0.2, 0.25) is 5.91 Å². The zero-order valence-corrected chi connectivity index (χ0v) is 38.9. The maximum atomic E-state index is 13.2. The molecule has 0 spiro atoms. The van der Waals surface area contributed by atoms with Crippen LogP contribution in [0.15, 0.2) is 60.8 Å². The number of hydrogen-bond acceptors (Lipinski definition) is 5. The second-order valence-corrected chi connectivity index (χ2v) is 16.9. The summed E-state index contributed by atoms with van der Waals surface area (Å²) < 4.78 is 5.89. The average molecular weight is 826 g/mol. The molecule has 59 heavy (non-hydrogen) atoms. The number of unbranched alkanes of at least 4 members (excludes halogenated alkanes) is 22. The van der Waals surface area contributed by atoms with Gasteiger partial charge in [-0.05, 0) is 89.9 Å². The van der Waals surface area contributed by atoms with E-state index >= 15 is 0 Å². The van der Waals surface area contributed by atoms with Crippen molar-refractivity contribution in [3.8, 4) is 0 Å². The lowest BCUT2D eigenvalue weighted by molar-refractivity contribution is -0.151. The van der Waals surface area contributed by atoms with Crippen LogP contribution in [0.3, 0.4) is 0 Å². The predicted octanol–water partition coefficient (Wildman–Crippen LogP) is 14.8. The van der Waals surface area contributed by atoms with Gasteiger partial charge in [-0.15, -0.1) is 0 Å². The SMILES string of the molecule is CCCCC/C=C\C/C=C\C/C=C\C/C=C\CCCC(CC(=O)NC(CO)C(O)CCCCCCCCCCC)OC(=O)CCCCC/C=C\CCCCCCCCC. The zero-order valence-electron chi connectivity index (χ0n) is 38.9. The smallest absolute Gasteiger partial charge is 0.306 e. The Morgan fingerprint density at radius 3 is 1.39 bits per heavy atom. The topological polar surface area (TPSA) is 95.9 Å². The van der Waals surface area contributed by atoms with E-state index in [0.717, 1.165) is 83.5 Å². The van der Waals surface area contributed by atoms with Gasteiger partial charge >= 0.3 is 5.97 Å². The highest BCUT2D eigenvalue weighted by Gasteiger charge is 2.24. The molecule has 0 aliphatic heterocycles. The van der Waals surface area contributed by atoms with Gasteiger partial charge in [-0.1, -0.05) is 197 Å². The first-order valence-electron chi connectivity index (χ1n) is 25.0. The van der Waals surface area contributed by atoms with Gasteiger partial charge < -0.3 is 20.3 Å². The van der Waals surface area contributed by atoms with Crippen LogP contribution in [0.1, 0.15) is 239 Å². The van der Waals surface area contributed by atoms with Crippen LogP contribution in [0.4, 0.5) is 0 Å². The van der Waals surface area contributed by atoms with Crippen molar-refractivity contribution in [3.63, 3.8) is 0 Å². The fraction of sp³-hybridized carbons (Fsp3) is 0.774. The maximum Gasteiger partial charge on any atom is 0.306 e. The molecule has 3 unspecified atom stereocenters. The van der Waals surface area contributed by atoms with E-state index in [0.29, 0.717) is 19.3 Å². The average Bonchev–Trinajstić information content (AvgIpc) is 3.23. The van der Waals surface area contributed by atoms with Crippen LogP contribution >= 0.6 is 0 Å². The Morgan fingerprint density at radius 1 is 0.492 bits per heavy atom.